The Labute approximate surface area is 163 Å². The number of nitrogens with zero attached hydrogens (tertiary/aromatic N) is 2. The standard InChI is InChI=1S/C20H26FN3O2S/c1-12(2)13(3)22-18(25)11-27-20-23-14(4)17(19(26)24(20)5)10-15-6-8-16(21)9-7-15/h6-9,12-13H,10-11H2,1-5H3,(H,22,25). The quantitative estimate of drug-likeness (QED) is 0.582. The number of hydrogen-bond donors (Lipinski definition) is 1. The number of carbonyl (C=O) groups is 1. The van der Waals surface area contributed by atoms with Gasteiger partial charge < -0.3 is 5.32 Å². The van der Waals surface area contributed by atoms with Crippen LogP contribution < -0.4 is 10.9 Å². The van der Waals surface area contributed by atoms with E-state index in [1.54, 1.807) is 26.1 Å². The Kier molecular flexibility index (Phi) is 7.18. The van der Waals surface area contributed by atoms with E-state index in [1.807, 2.05) is 20.8 Å². The van der Waals surface area contributed by atoms with Gasteiger partial charge in [-0.1, -0.05) is 37.7 Å². The van der Waals surface area contributed by atoms with Crippen LogP contribution in [0, 0.1) is 18.7 Å². The van der Waals surface area contributed by atoms with E-state index in [9.17, 15) is 14.0 Å². The topological polar surface area (TPSA) is 64.0 Å². The van der Waals surface area contributed by atoms with Crippen LogP contribution in [0.2, 0.25) is 0 Å². The first-order valence-corrected chi connectivity index (χ1v) is 9.90. The third-order valence-electron chi connectivity index (χ3n) is 4.56. The number of rotatable bonds is 7. The SMILES string of the molecule is Cc1nc(SCC(=O)NC(C)C(C)C)n(C)c(=O)c1Cc1ccc(F)cc1. The maximum atomic E-state index is 13.1. The molecule has 1 amide bonds. The summed E-state index contributed by atoms with van der Waals surface area (Å²) in [4.78, 5) is 29.3. The van der Waals surface area contributed by atoms with Gasteiger partial charge in [0.05, 0.1) is 5.75 Å². The summed E-state index contributed by atoms with van der Waals surface area (Å²) in [6.07, 6.45) is 0.392. The fourth-order valence-corrected chi connectivity index (χ4v) is 3.28. The summed E-state index contributed by atoms with van der Waals surface area (Å²) < 4.78 is 14.5. The second kappa shape index (κ2) is 9.17. The summed E-state index contributed by atoms with van der Waals surface area (Å²) in [6.45, 7) is 7.85. The Morgan fingerprint density at radius 2 is 1.89 bits per heavy atom. The van der Waals surface area contributed by atoms with Crippen LogP contribution in [0.4, 0.5) is 4.39 Å². The van der Waals surface area contributed by atoms with Crippen LogP contribution in [0.1, 0.15) is 37.6 Å². The summed E-state index contributed by atoms with van der Waals surface area (Å²) in [5.41, 5.74) is 1.90. The molecule has 1 aromatic heterocycles. The van der Waals surface area contributed by atoms with E-state index in [1.165, 1.54) is 28.5 Å². The molecule has 1 atom stereocenters. The molecule has 0 saturated carbocycles. The Balaban J connectivity index is 2.13. The van der Waals surface area contributed by atoms with Crippen molar-refractivity contribution in [1.29, 1.82) is 0 Å². The molecular formula is C20H26FN3O2S. The second-order valence-corrected chi connectivity index (χ2v) is 7.96. The first-order valence-electron chi connectivity index (χ1n) is 8.92. The van der Waals surface area contributed by atoms with Gasteiger partial charge in [-0.2, -0.15) is 0 Å². The molecule has 0 fully saturated rings. The van der Waals surface area contributed by atoms with E-state index in [0.717, 1.165) is 5.56 Å². The van der Waals surface area contributed by atoms with Gasteiger partial charge in [0.1, 0.15) is 5.82 Å². The van der Waals surface area contributed by atoms with Crippen molar-refractivity contribution in [2.24, 2.45) is 13.0 Å². The zero-order chi connectivity index (χ0) is 20.1. The zero-order valence-corrected chi connectivity index (χ0v) is 17.2. The van der Waals surface area contributed by atoms with Crippen molar-refractivity contribution in [2.45, 2.75) is 45.3 Å². The molecular weight excluding hydrogens is 365 g/mol. The fraction of sp³-hybridized carbons (Fsp3) is 0.450. The van der Waals surface area contributed by atoms with Gasteiger partial charge in [0.25, 0.3) is 5.56 Å². The number of halogens is 1. The van der Waals surface area contributed by atoms with Crippen LogP contribution in [0.3, 0.4) is 0 Å². The van der Waals surface area contributed by atoms with E-state index in [0.29, 0.717) is 28.8 Å². The normalized spacial score (nSPS) is 12.3. The van der Waals surface area contributed by atoms with Crippen molar-refractivity contribution in [3.8, 4) is 0 Å². The average Bonchev–Trinajstić information content (AvgIpc) is 2.62. The Hall–Kier alpha value is -2.15. The van der Waals surface area contributed by atoms with Gasteiger partial charge in [0, 0.05) is 30.8 Å². The van der Waals surface area contributed by atoms with Crippen LogP contribution in [0.25, 0.3) is 0 Å². The van der Waals surface area contributed by atoms with Crippen LogP contribution in [-0.2, 0) is 18.3 Å². The minimum atomic E-state index is -0.307. The molecule has 1 unspecified atom stereocenters. The summed E-state index contributed by atoms with van der Waals surface area (Å²) in [6, 6.07) is 6.18. The highest BCUT2D eigenvalue weighted by atomic mass is 32.2. The van der Waals surface area contributed by atoms with E-state index in [2.05, 4.69) is 10.3 Å². The molecule has 1 heterocycles. The number of benzene rings is 1. The number of nitrogens with one attached hydrogen (secondary N) is 1. The fourth-order valence-electron chi connectivity index (χ4n) is 2.46. The van der Waals surface area contributed by atoms with Gasteiger partial charge in [-0.3, -0.25) is 14.2 Å². The lowest BCUT2D eigenvalue weighted by Gasteiger charge is -2.17. The van der Waals surface area contributed by atoms with Crippen molar-refractivity contribution < 1.29 is 9.18 Å². The van der Waals surface area contributed by atoms with E-state index < -0.39 is 0 Å². The zero-order valence-electron chi connectivity index (χ0n) is 16.4. The monoisotopic (exact) mass is 391 g/mol. The first-order chi connectivity index (χ1) is 12.7. The summed E-state index contributed by atoms with van der Waals surface area (Å²) in [5, 5.41) is 3.45. The Morgan fingerprint density at radius 1 is 1.26 bits per heavy atom. The summed E-state index contributed by atoms with van der Waals surface area (Å²) >= 11 is 1.24. The van der Waals surface area contributed by atoms with Gasteiger partial charge in [-0.05, 0) is 37.5 Å². The Bertz CT molecular complexity index is 863. The highest BCUT2D eigenvalue weighted by Gasteiger charge is 2.15. The predicted octanol–water partition coefficient (Wildman–Crippen LogP) is 3.07. The highest BCUT2D eigenvalue weighted by molar-refractivity contribution is 7.99. The lowest BCUT2D eigenvalue weighted by molar-refractivity contribution is -0.119. The smallest absolute Gasteiger partial charge is 0.257 e. The molecule has 146 valence electrons. The number of aryl methyl sites for hydroxylation is 1. The molecule has 27 heavy (non-hydrogen) atoms. The first kappa shape index (κ1) is 21.2. The molecule has 1 N–H and O–H groups in total. The molecule has 7 heteroatoms. The maximum absolute atomic E-state index is 13.1. The van der Waals surface area contributed by atoms with Gasteiger partial charge in [0.2, 0.25) is 5.91 Å². The average molecular weight is 392 g/mol. The Morgan fingerprint density at radius 3 is 2.48 bits per heavy atom. The molecule has 1 aromatic carbocycles. The third kappa shape index (κ3) is 5.66. The third-order valence-corrected chi connectivity index (χ3v) is 5.59. The predicted molar refractivity (Wildman–Crippen MR) is 107 cm³/mol. The van der Waals surface area contributed by atoms with E-state index in [4.69, 9.17) is 0 Å². The van der Waals surface area contributed by atoms with Crippen LogP contribution in [0.15, 0.2) is 34.2 Å². The molecule has 2 aromatic rings. The second-order valence-electron chi connectivity index (χ2n) is 7.01. The summed E-state index contributed by atoms with van der Waals surface area (Å²) in [5.74, 6) is 0.171. The molecule has 0 radical (unpaired) electrons. The van der Waals surface area contributed by atoms with E-state index in [-0.39, 0.29) is 29.1 Å². The maximum Gasteiger partial charge on any atom is 0.257 e. The number of amides is 1. The molecule has 0 aliphatic carbocycles. The highest BCUT2D eigenvalue weighted by Crippen LogP contribution is 2.17. The lowest BCUT2D eigenvalue weighted by Crippen LogP contribution is -2.37. The van der Waals surface area contributed by atoms with Gasteiger partial charge in [0.15, 0.2) is 5.16 Å². The molecule has 5 nitrogen and oxygen atoms in total. The van der Waals surface area contributed by atoms with Crippen LogP contribution in [0.5, 0.6) is 0 Å². The summed E-state index contributed by atoms with van der Waals surface area (Å²) in [7, 11) is 1.65. The largest absolute Gasteiger partial charge is 0.353 e. The van der Waals surface area contributed by atoms with Crippen LogP contribution in [-0.4, -0.2) is 27.3 Å². The van der Waals surface area contributed by atoms with Crippen LogP contribution >= 0.6 is 11.8 Å². The number of thioether (sulfide) groups is 1. The lowest BCUT2D eigenvalue weighted by atomic mass is 10.1. The van der Waals surface area contributed by atoms with Crippen molar-refractivity contribution in [3.05, 3.63) is 57.3 Å². The number of hydrogen-bond acceptors (Lipinski definition) is 4. The van der Waals surface area contributed by atoms with Crippen molar-refractivity contribution >= 4 is 17.7 Å². The number of aromatic nitrogens is 2. The molecule has 0 aliphatic rings. The van der Waals surface area contributed by atoms with Gasteiger partial charge in [-0.25, -0.2) is 9.37 Å². The molecule has 2 rings (SSSR count). The molecule has 0 bridgehead atoms. The molecule has 0 spiro atoms. The van der Waals surface area contributed by atoms with Gasteiger partial charge >= 0.3 is 0 Å². The molecule has 0 saturated heterocycles. The minimum absolute atomic E-state index is 0.0801. The minimum Gasteiger partial charge on any atom is -0.353 e. The van der Waals surface area contributed by atoms with Crippen molar-refractivity contribution in [1.82, 2.24) is 14.9 Å². The molecule has 0 aliphatic heterocycles. The van der Waals surface area contributed by atoms with Gasteiger partial charge in [-0.15, -0.1) is 0 Å². The van der Waals surface area contributed by atoms with E-state index >= 15 is 0 Å². The van der Waals surface area contributed by atoms with Crippen molar-refractivity contribution in [3.63, 3.8) is 0 Å². The number of carbonyl (C=O) groups excluding carboxylic acids is 1. The van der Waals surface area contributed by atoms with Crippen molar-refractivity contribution in [2.75, 3.05) is 5.75 Å².